The van der Waals surface area contributed by atoms with Crippen molar-refractivity contribution in [2.75, 3.05) is 36.0 Å². The van der Waals surface area contributed by atoms with E-state index in [1.165, 1.54) is 0 Å². The van der Waals surface area contributed by atoms with E-state index in [0.29, 0.717) is 0 Å². The molecule has 28 heavy (non-hydrogen) atoms. The molecule has 0 aliphatic heterocycles. The maximum atomic E-state index is 10.5. The van der Waals surface area contributed by atoms with Gasteiger partial charge in [0.15, 0.2) is 0 Å². The molecular formula is C24H30N2O2. The van der Waals surface area contributed by atoms with Crippen molar-refractivity contribution in [3.05, 3.63) is 59.7 Å². The Morgan fingerprint density at radius 1 is 0.607 bits per heavy atom. The normalized spacial score (nSPS) is 12.9. The van der Waals surface area contributed by atoms with E-state index < -0.39 is 0 Å². The Kier molecular flexibility index (Phi) is 5.98. The summed E-state index contributed by atoms with van der Waals surface area (Å²) in [6, 6.07) is 11.7. The number of aromatic hydroxyl groups is 2. The van der Waals surface area contributed by atoms with Crippen molar-refractivity contribution >= 4 is 22.5 Å². The molecule has 0 spiro atoms. The van der Waals surface area contributed by atoms with Gasteiger partial charge in [-0.2, -0.15) is 0 Å². The quantitative estimate of drug-likeness (QED) is 0.657. The van der Waals surface area contributed by atoms with E-state index in [2.05, 4.69) is 37.5 Å². The van der Waals surface area contributed by atoms with E-state index in [0.717, 1.165) is 59.8 Å². The van der Waals surface area contributed by atoms with Gasteiger partial charge in [-0.05, 0) is 75.3 Å². The van der Waals surface area contributed by atoms with Crippen LogP contribution in [0.4, 0.5) is 11.4 Å². The zero-order chi connectivity index (χ0) is 20.3. The molecule has 0 fully saturated rings. The third-order valence-electron chi connectivity index (χ3n) is 5.46. The number of benzene rings is 2. The van der Waals surface area contributed by atoms with E-state index in [9.17, 15) is 10.2 Å². The molecule has 0 heterocycles. The van der Waals surface area contributed by atoms with Gasteiger partial charge in [-0.25, -0.2) is 0 Å². The second-order valence-electron chi connectivity index (χ2n) is 6.95. The molecule has 0 amide bonds. The highest BCUT2D eigenvalue weighted by molar-refractivity contribution is 6.03. The first-order valence-corrected chi connectivity index (χ1v) is 10.1. The Bertz CT molecular complexity index is 826. The zero-order valence-electron chi connectivity index (χ0n) is 17.2. The van der Waals surface area contributed by atoms with Crippen molar-refractivity contribution in [3.8, 4) is 11.5 Å². The molecule has 0 saturated carbocycles. The number of phenols is 2. The number of hydrogen-bond acceptors (Lipinski definition) is 4. The minimum Gasteiger partial charge on any atom is -0.507 e. The van der Waals surface area contributed by atoms with Gasteiger partial charge in [0.25, 0.3) is 0 Å². The number of allylic oxidation sites excluding steroid dienone is 4. The van der Waals surface area contributed by atoms with Crippen molar-refractivity contribution in [1.82, 2.24) is 0 Å². The Hall–Kier alpha value is -2.88. The van der Waals surface area contributed by atoms with Crippen molar-refractivity contribution in [1.29, 1.82) is 0 Å². The maximum absolute atomic E-state index is 10.5. The number of anilines is 2. The van der Waals surface area contributed by atoms with E-state index >= 15 is 0 Å². The average molecular weight is 379 g/mol. The summed E-state index contributed by atoms with van der Waals surface area (Å²) in [4.78, 5) is 4.41. The summed E-state index contributed by atoms with van der Waals surface area (Å²) in [5.41, 5.74) is 5.65. The third-order valence-corrected chi connectivity index (χ3v) is 5.46. The van der Waals surface area contributed by atoms with E-state index in [-0.39, 0.29) is 11.5 Å². The van der Waals surface area contributed by atoms with Crippen molar-refractivity contribution in [2.45, 2.75) is 27.7 Å². The lowest BCUT2D eigenvalue weighted by Crippen LogP contribution is -2.21. The van der Waals surface area contributed by atoms with Gasteiger partial charge < -0.3 is 20.0 Å². The number of hydrogen-bond donors (Lipinski definition) is 2. The molecule has 2 aromatic carbocycles. The fourth-order valence-electron chi connectivity index (χ4n) is 3.73. The highest BCUT2D eigenvalue weighted by atomic mass is 16.3. The first-order chi connectivity index (χ1) is 13.5. The zero-order valence-corrected chi connectivity index (χ0v) is 17.2. The van der Waals surface area contributed by atoms with Crippen LogP contribution in [0.25, 0.3) is 11.1 Å². The molecule has 0 saturated heterocycles. The van der Waals surface area contributed by atoms with Crippen LogP contribution in [0.2, 0.25) is 0 Å². The first-order valence-electron chi connectivity index (χ1n) is 10.1. The lowest BCUT2D eigenvalue weighted by Gasteiger charge is -2.24. The molecule has 2 aromatic rings. The summed E-state index contributed by atoms with van der Waals surface area (Å²) in [5, 5.41) is 21.0. The Labute approximate surface area is 168 Å². The molecule has 1 aliphatic carbocycles. The highest BCUT2D eigenvalue weighted by Gasteiger charge is 2.18. The molecule has 4 heteroatoms. The van der Waals surface area contributed by atoms with Gasteiger partial charge in [0.05, 0.1) is 0 Å². The topological polar surface area (TPSA) is 46.9 Å². The van der Waals surface area contributed by atoms with Crippen LogP contribution in [0, 0.1) is 0 Å². The first kappa shape index (κ1) is 19.9. The number of nitrogens with zero attached hydrogens (tertiary/aromatic N) is 2. The standard InChI is InChI=1S/C24H30N2O2/c1-5-25(6-2)19-9-11-21(23(27)15-19)17-13-18(14-17)22-12-10-20(16-24(22)28)26(7-3)8-4/h9-16,27-28H,5-8H2,1-4H3. The average Bonchev–Trinajstić information content (AvgIpc) is 2.65. The molecular weight excluding hydrogens is 348 g/mol. The van der Waals surface area contributed by atoms with Gasteiger partial charge in [0, 0.05) is 60.8 Å². The van der Waals surface area contributed by atoms with E-state index in [4.69, 9.17) is 0 Å². The largest absolute Gasteiger partial charge is 0.507 e. The molecule has 0 atom stereocenters. The van der Waals surface area contributed by atoms with Crippen LogP contribution < -0.4 is 9.80 Å². The van der Waals surface area contributed by atoms with Crippen molar-refractivity contribution in [3.63, 3.8) is 0 Å². The van der Waals surface area contributed by atoms with Gasteiger partial charge in [-0.1, -0.05) is 0 Å². The maximum Gasteiger partial charge on any atom is 0.125 e. The molecule has 0 bridgehead atoms. The third kappa shape index (κ3) is 3.72. The van der Waals surface area contributed by atoms with Crippen LogP contribution in [-0.4, -0.2) is 36.4 Å². The van der Waals surface area contributed by atoms with E-state index in [1.807, 2.05) is 48.6 Å². The predicted molar refractivity (Wildman–Crippen MR) is 119 cm³/mol. The van der Waals surface area contributed by atoms with Crippen LogP contribution in [-0.2, 0) is 0 Å². The fourth-order valence-corrected chi connectivity index (χ4v) is 3.73. The summed E-state index contributed by atoms with van der Waals surface area (Å²) in [7, 11) is 0. The summed E-state index contributed by atoms with van der Waals surface area (Å²) in [6.07, 6.45) is 4.02. The van der Waals surface area contributed by atoms with Crippen LogP contribution in [0.1, 0.15) is 38.8 Å². The van der Waals surface area contributed by atoms with Gasteiger partial charge in [-0.3, -0.25) is 0 Å². The van der Waals surface area contributed by atoms with Crippen LogP contribution >= 0.6 is 0 Å². The lowest BCUT2D eigenvalue weighted by molar-refractivity contribution is 0.473. The monoisotopic (exact) mass is 378 g/mol. The molecule has 0 radical (unpaired) electrons. The van der Waals surface area contributed by atoms with Gasteiger partial charge in [0.2, 0.25) is 0 Å². The smallest absolute Gasteiger partial charge is 0.125 e. The Morgan fingerprint density at radius 2 is 0.964 bits per heavy atom. The van der Waals surface area contributed by atoms with Crippen LogP contribution in [0.15, 0.2) is 48.6 Å². The molecule has 4 nitrogen and oxygen atoms in total. The molecule has 148 valence electrons. The van der Waals surface area contributed by atoms with Crippen LogP contribution in [0.3, 0.4) is 0 Å². The Balaban J connectivity index is 1.79. The lowest BCUT2D eigenvalue weighted by atomic mass is 9.87. The summed E-state index contributed by atoms with van der Waals surface area (Å²) < 4.78 is 0. The van der Waals surface area contributed by atoms with Crippen molar-refractivity contribution < 1.29 is 10.2 Å². The molecule has 0 unspecified atom stereocenters. The highest BCUT2D eigenvalue weighted by Crippen LogP contribution is 2.41. The molecule has 0 aromatic heterocycles. The predicted octanol–water partition coefficient (Wildman–Crippen LogP) is 5.27. The molecule has 3 rings (SSSR count). The second kappa shape index (κ2) is 8.42. The second-order valence-corrected chi connectivity index (χ2v) is 6.95. The van der Waals surface area contributed by atoms with Gasteiger partial charge in [-0.15, -0.1) is 0 Å². The Morgan fingerprint density at radius 3 is 1.25 bits per heavy atom. The van der Waals surface area contributed by atoms with Gasteiger partial charge in [0.1, 0.15) is 11.5 Å². The minimum absolute atomic E-state index is 0.284. The van der Waals surface area contributed by atoms with Crippen LogP contribution in [0.5, 0.6) is 11.5 Å². The van der Waals surface area contributed by atoms with Crippen molar-refractivity contribution in [2.24, 2.45) is 0 Å². The number of phenolic OH excluding ortho intramolecular Hbond substituents is 2. The van der Waals surface area contributed by atoms with Gasteiger partial charge >= 0.3 is 0 Å². The summed E-state index contributed by atoms with van der Waals surface area (Å²) >= 11 is 0. The minimum atomic E-state index is 0.284. The molecule has 1 aliphatic rings. The number of rotatable bonds is 8. The fraction of sp³-hybridized carbons (Fsp3) is 0.333. The summed E-state index contributed by atoms with van der Waals surface area (Å²) in [6.45, 7) is 12.1. The summed E-state index contributed by atoms with van der Waals surface area (Å²) in [5.74, 6) is 0.569. The molecule has 2 N–H and O–H groups in total. The SMILES string of the molecule is CCN(CC)c1ccc(C2=CC(c3ccc(N(CC)CC)cc3O)=C2)c(O)c1. The van der Waals surface area contributed by atoms with E-state index in [1.54, 1.807) is 0 Å².